The average molecular weight is 771 g/mol. The Morgan fingerprint density at radius 2 is 0.849 bits per heavy atom. The van der Waals surface area contributed by atoms with E-state index in [2.05, 4.69) is 38.2 Å². The van der Waals surface area contributed by atoms with Crippen molar-refractivity contribution in [3.05, 3.63) is 24.3 Å². The van der Waals surface area contributed by atoms with E-state index in [1.54, 1.807) is 6.92 Å². The summed E-state index contributed by atoms with van der Waals surface area (Å²) in [7, 11) is -4.28. The summed E-state index contributed by atoms with van der Waals surface area (Å²) in [5.74, 6) is -0.806. The maximum atomic E-state index is 12.6. The van der Waals surface area contributed by atoms with Gasteiger partial charge in [-0.3, -0.25) is 18.6 Å². The Hall–Kier alpha value is -1.47. The Kier molecular flexibility index (Phi) is 39.1. The standard InChI is InChI=1S/C44H83O8P/c1-4-7-9-11-13-15-17-19-21-22-23-25-27-29-31-33-35-37-39-44(46)52-42(41-51-53(47,48)50-6-3)40-49-43(45)38-36-34-32-30-28-26-24-20-18-16-14-12-10-8-5-2/h20-22,24,42H,4-19,23,25-41H2,1-3H3,(H,47,48)/b22-21-,24-20-. The number of carbonyl (C=O) groups is 2. The van der Waals surface area contributed by atoms with E-state index >= 15 is 0 Å². The van der Waals surface area contributed by atoms with Crippen molar-refractivity contribution in [1.29, 1.82) is 0 Å². The summed E-state index contributed by atoms with van der Waals surface area (Å²) in [6, 6.07) is 0. The molecule has 0 saturated carbocycles. The summed E-state index contributed by atoms with van der Waals surface area (Å²) >= 11 is 0. The van der Waals surface area contributed by atoms with Crippen LogP contribution in [-0.4, -0.2) is 42.8 Å². The molecule has 0 fully saturated rings. The van der Waals surface area contributed by atoms with Crippen LogP contribution in [0.25, 0.3) is 0 Å². The van der Waals surface area contributed by atoms with Gasteiger partial charge in [-0.05, 0) is 71.1 Å². The minimum Gasteiger partial charge on any atom is -0.462 e. The van der Waals surface area contributed by atoms with Crippen molar-refractivity contribution in [2.24, 2.45) is 0 Å². The minimum atomic E-state index is -4.28. The lowest BCUT2D eigenvalue weighted by molar-refractivity contribution is -0.161. The number of carbonyl (C=O) groups excluding carboxylic acids is 2. The molecule has 0 rings (SSSR count). The number of ether oxygens (including phenoxy) is 2. The molecule has 53 heavy (non-hydrogen) atoms. The van der Waals surface area contributed by atoms with Crippen LogP contribution in [0.1, 0.15) is 220 Å². The van der Waals surface area contributed by atoms with Crippen molar-refractivity contribution < 1.29 is 37.6 Å². The molecule has 0 amide bonds. The van der Waals surface area contributed by atoms with Gasteiger partial charge in [-0.2, -0.15) is 0 Å². The fourth-order valence-corrected chi connectivity index (χ4v) is 6.96. The van der Waals surface area contributed by atoms with Gasteiger partial charge in [0.05, 0.1) is 13.2 Å². The first-order valence-electron chi connectivity index (χ1n) is 22.1. The number of phosphoric ester groups is 1. The van der Waals surface area contributed by atoms with E-state index in [0.29, 0.717) is 6.42 Å². The molecule has 1 N–H and O–H groups in total. The van der Waals surface area contributed by atoms with Crippen LogP contribution in [0.15, 0.2) is 24.3 Å². The molecule has 0 radical (unpaired) electrons. The Morgan fingerprint density at radius 3 is 1.25 bits per heavy atom. The van der Waals surface area contributed by atoms with Gasteiger partial charge >= 0.3 is 19.8 Å². The second-order valence-electron chi connectivity index (χ2n) is 14.7. The van der Waals surface area contributed by atoms with E-state index in [0.717, 1.165) is 57.8 Å². The smallest absolute Gasteiger partial charge is 0.462 e. The zero-order valence-corrected chi connectivity index (χ0v) is 35.6. The molecular formula is C44H83O8P. The van der Waals surface area contributed by atoms with Crippen molar-refractivity contribution >= 4 is 19.8 Å². The van der Waals surface area contributed by atoms with Crippen LogP contribution in [0.2, 0.25) is 0 Å². The molecule has 0 aromatic rings. The number of hydrogen-bond donors (Lipinski definition) is 1. The lowest BCUT2D eigenvalue weighted by Crippen LogP contribution is -2.29. The first-order chi connectivity index (χ1) is 25.8. The maximum Gasteiger partial charge on any atom is 0.472 e. The monoisotopic (exact) mass is 771 g/mol. The van der Waals surface area contributed by atoms with Crippen LogP contribution in [0.3, 0.4) is 0 Å². The highest BCUT2D eigenvalue weighted by molar-refractivity contribution is 7.47. The predicted molar refractivity (Wildman–Crippen MR) is 221 cm³/mol. The number of hydrogen-bond acceptors (Lipinski definition) is 7. The van der Waals surface area contributed by atoms with E-state index in [1.807, 2.05) is 0 Å². The molecule has 9 heteroatoms. The van der Waals surface area contributed by atoms with Gasteiger partial charge in [0, 0.05) is 12.8 Å². The van der Waals surface area contributed by atoms with Crippen LogP contribution in [0.4, 0.5) is 0 Å². The number of esters is 2. The van der Waals surface area contributed by atoms with Crippen LogP contribution >= 0.6 is 7.82 Å². The summed E-state index contributed by atoms with van der Waals surface area (Å²) in [6.45, 7) is 5.47. The molecule has 312 valence electrons. The van der Waals surface area contributed by atoms with Gasteiger partial charge < -0.3 is 14.4 Å². The molecule has 0 heterocycles. The molecule has 0 aromatic heterocycles. The van der Waals surface area contributed by atoms with E-state index in [-0.39, 0.29) is 32.0 Å². The summed E-state index contributed by atoms with van der Waals surface area (Å²) < 4.78 is 32.6. The molecule has 0 aliphatic heterocycles. The highest BCUT2D eigenvalue weighted by atomic mass is 31.2. The van der Waals surface area contributed by atoms with E-state index in [9.17, 15) is 19.0 Å². The molecule has 0 aliphatic carbocycles. The van der Waals surface area contributed by atoms with Crippen molar-refractivity contribution in [1.82, 2.24) is 0 Å². The SMILES string of the molecule is CCCCCCCC/C=C\CCCCCCCC(=O)OCC(COP(=O)(O)OCC)OC(=O)CCCCCCCCC/C=C\CCCCCCCCC. The van der Waals surface area contributed by atoms with E-state index in [4.69, 9.17) is 18.5 Å². The third-order valence-corrected chi connectivity index (χ3v) is 10.5. The van der Waals surface area contributed by atoms with Crippen LogP contribution < -0.4 is 0 Å². The van der Waals surface area contributed by atoms with Gasteiger partial charge in [-0.25, -0.2) is 4.57 Å². The highest BCUT2D eigenvalue weighted by Crippen LogP contribution is 2.43. The van der Waals surface area contributed by atoms with Gasteiger partial charge in [0.15, 0.2) is 6.10 Å². The van der Waals surface area contributed by atoms with Crippen LogP contribution in [0.5, 0.6) is 0 Å². The van der Waals surface area contributed by atoms with Gasteiger partial charge in [0.2, 0.25) is 0 Å². The third-order valence-electron chi connectivity index (χ3n) is 9.48. The van der Waals surface area contributed by atoms with Crippen molar-refractivity contribution in [3.8, 4) is 0 Å². The zero-order valence-electron chi connectivity index (χ0n) is 34.7. The quantitative estimate of drug-likeness (QED) is 0.0283. The third kappa shape index (κ3) is 40.0. The molecule has 2 atom stereocenters. The molecule has 8 nitrogen and oxygen atoms in total. The minimum absolute atomic E-state index is 0.000418. The fraction of sp³-hybridized carbons (Fsp3) is 0.864. The fourth-order valence-electron chi connectivity index (χ4n) is 6.21. The lowest BCUT2D eigenvalue weighted by Gasteiger charge is -2.19. The molecule has 0 aliphatic rings. The number of unbranched alkanes of at least 4 members (excludes halogenated alkanes) is 25. The van der Waals surface area contributed by atoms with E-state index < -0.39 is 26.5 Å². The Balaban J connectivity index is 4.07. The summed E-state index contributed by atoms with van der Waals surface area (Å²) in [5.41, 5.74) is 0. The molecule has 2 unspecified atom stereocenters. The van der Waals surface area contributed by atoms with Crippen LogP contribution in [-0.2, 0) is 32.7 Å². The number of rotatable bonds is 41. The van der Waals surface area contributed by atoms with Crippen molar-refractivity contribution in [2.45, 2.75) is 226 Å². The normalized spacial score (nSPS) is 13.5. The zero-order chi connectivity index (χ0) is 38.9. The highest BCUT2D eigenvalue weighted by Gasteiger charge is 2.25. The Bertz CT molecular complexity index is 921. The average Bonchev–Trinajstić information content (AvgIpc) is 3.13. The largest absolute Gasteiger partial charge is 0.472 e. The first-order valence-corrected chi connectivity index (χ1v) is 23.6. The number of phosphoric acid groups is 1. The summed E-state index contributed by atoms with van der Waals surface area (Å²) in [5, 5.41) is 0. The second-order valence-corrected chi connectivity index (χ2v) is 16.2. The van der Waals surface area contributed by atoms with E-state index in [1.165, 1.54) is 122 Å². The molecule has 0 saturated heterocycles. The summed E-state index contributed by atoms with van der Waals surface area (Å²) in [4.78, 5) is 34.7. The molecule has 0 aromatic carbocycles. The Labute approximate surface area is 326 Å². The molecule has 0 spiro atoms. The van der Waals surface area contributed by atoms with Crippen LogP contribution in [0, 0.1) is 0 Å². The van der Waals surface area contributed by atoms with Gasteiger partial charge in [0.1, 0.15) is 6.61 Å². The topological polar surface area (TPSA) is 108 Å². The van der Waals surface area contributed by atoms with Gasteiger partial charge in [-0.15, -0.1) is 0 Å². The predicted octanol–water partition coefficient (Wildman–Crippen LogP) is 13.8. The van der Waals surface area contributed by atoms with Crippen molar-refractivity contribution in [2.75, 3.05) is 19.8 Å². The number of allylic oxidation sites excluding steroid dienone is 4. The Morgan fingerprint density at radius 1 is 0.491 bits per heavy atom. The molecule has 0 bridgehead atoms. The maximum absolute atomic E-state index is 12.6. The van der Waals surface area contributed by atoms with Gasteiger partial charge in [-0.1, -0.05) is 160 Å². The van der Waals surface area contributed by atoms with Gasteiger partial charge in [0.25, 0.3) is 0 Å². The lowest BCUT2D eigenvalue weighted by atomic mass is 10.1. The van der Waals surface area contributed by atoms with Crippen molar-refractivity contribution in [3.63, 3.8) is 0 Å². The first kappa shape index (κ1) is 51.5. The molecular weight excluding hydrogens is 687 g/mol. The second kappa shape index (κ2) is 40.2. The summed E-state index contributed by atoms with van der Waals surface area (Å²) in [6.07, 6.45) is 43.7.